The van der Waals surface area contributed by atoms with E-state index in [0.29, 0.717) is 17.4 Å². The summed E-state index contributed by atoms with van der Waals surface area (Å²) in [6.45, 7) is 4.71. The van der Waals surface area contributed by atoms with E-state index in [0.717, 1.165) is 116 Å². The van der Waals surface area contributed by atoms with Gasteiger partial charge in [-0.05, 0) is 96.3 Å². The molecular formula is C75H132N2O6P+. The van der Waals surface area contributed by atoms with Crippen LogP contribution in [0.1, 0.15) is 284 Å². The molecule has 9 heteroatoms. The highest BCUT2D eigenvalue weighted by atomic mass is 31.2. The van der Waals surface area contributed by atoms with Crippen molar-refractivity contribution < 1.29 is 32.9 Å². The van der Waals surface area contributed by atoms with Crippen LogP contribution in [0.4, 0.5) is 0 Å². The van der Waals surface area contributed by atoms with E-state index in [1.807, 2.05) is 27.2 Å². The SMILES string of the molecule is CC/C=C\C/C=C\C/C=C\C/C=C\C/C=C\C/C=C\C/C=C\C/C=C\C/C=C\C/C=C\CCCCCCCCCCC(=O)NC(COP(=O)(O)OCC[N+](C)(C)C)C(O)/C=C/CCCCCCCCCCCCCCCCCCCCCCC. The number of quaternary nitrogens is 1. The van der Waals surface area contributed by atoms with Crippen molar-refractivity contribution >= 4 is 13.7 Å². The number of carbonyl (C=O) groups is 1. The molecule has 0 bridgehead atoms. The second-order valence-corrected chi connectivity index (χ2v) is 25.6. The smallest absolute Gasteiger partial charge is 0.387 e. The first kappa shape index (κ1) is 80.6. The number of nitrogens with one attached hydrogen (secondary N) is 1. The van der Waals surface area contributed by atoms with E-state index in [1.165, 1.54) is 148 Å². The predicted octanol–water partition coefficient (Wildman–Crippen LogP) is 22.2. The number of aliphatic hydroxyl groups excluding tert-OH is 1. The fourth-order valence-corrected chi connectivity index (χ4v) is 10.3. The Labute approximate surface area is 519 Å². The van der Waals surface area contributed by atoms with E-state index in [1.54, 1.807) is 6.08 Å². The largest absolute Gasteiger partial charge is 0.472 e. The number of phosphoric ester groups is 1. The van der Waals surface area contributed by atoms with Gasteiger partial charge < -0.3 is 19.8 Å². The number of unbranched alkanes of at least 4 members (excludes halogenated alkanes) is 29. The number of phosphoric acid groups is 1. The monoisotopic (exact) mass is 1190 g/mol. The Morgan fingerprint density at radius 2 is 0.714 bits per heavy atom. The molecule has 1 amide bonds. The number of carbonyl (C=O) groups excluding carboxylic acids is 1. The number of hydrogen-bond acceptors (Lipinski definition) is 5. The number of rotatable bonds is 62. The van der Waals surface area contributed by atoms with Crippen LogP contribution in [-0.2, 0) is 18.4 Å². The Balaban J connectivity index is 4.16. The summed E-state index contributed by atoms with van der Waals surface area (Å²) in [6.07, 6.45) is 97.2. The average molecular weight is 1190 g/mol. The number of allylic oxidation sites excluding steroid dienone is 21. The van der Waals surface area contributed by atoms with E-state index >= 15 is 0 Å². The highest BCUT2D eigenvalue weighted by Crippen LogP contribution is 2.43. The van der Waals surface area contributed by atoms with Gasteiger partial charge in [-0.25, -0.2) is 4.57 Å². The first-order valence-corrected chi connectivity index (χ1v) is 36.1. The van der Waals surface area contributed by atoms with Crippen LogP contribution in [0.5, 0.6) is 0 Å². The molecule has 0 saturated heterocycles. The van der Waals surface area contributed by atoms with Crippen LogP contribution in [-0.4, -0.2) is 73.4 Å². The third kappa shape index (κ3) is 66.2. The van der Waals surface area contributed by atoms with E-state index < -0.39 is 20.0 Å². The van der Waals surface area contributed by atoms with Crippen molar-refractivity contribution in [3.8, 4) is 0 Å². The van der Waals surface area contributed by atoms with Crippen molar-refractivity contribution in [1.29, 1.82) is 0 Å². The Morgan fingerprint density at radius 3 is 1.05 bits per heavy atom. The third-order valence-corrected chi connectivity index (χ3v) is 15.9. The van der Waals surface area contributed by atoms with Gasteiger partial charge in [-0.1, -0.05) is 314 Å². The van der Waals surface area contributed by atoms with Crippen LogP contribution < -0.4 is 5.32 Å². The van der Waals surface area contributed by atoms with E-state index in [4.69, 9.17) is 9.05 Å². The quantitative estimate of drug-likeness (QED) is 0.0243. The minimum Gasteiger partial charge on any atom is -0.387 e. The average Bonchev–Trinajstić information content (AvgIpc) is 3.56. The van der Waals surface area contributed by atoms with Crippen LogP contribution in [0.3, 0.4) is 0 Å². The van der Waals surface area contributed by atoms with Crippen molar-refractivity contribution in [1.82, 2.24) is 5.32 Å². The van der Waals surface area contributed by atoms with Gasteiger partial charge in [0.15, 0.2) is 0 Å². The Bertz CT molecular complexity index is 1830. The lowest BCUT2D eigenvalue weighted by atomic mass is 10.0. The molecule has 84 heavy (non-hydrogen) atoms. The number of aliphatic hydroxyl groups is 1. The lowest BCUT2D eigenvalue weighted by Crippen LogP contribution is -2.45. The topological polar surface area (TPSA) is 105 Å². The second kappa shape index (κ2) is 64.1. The summed E-state index contributed by atoms with van der Waals surface area (Å²) < 4.78 is 23.8. The van der Waals surface area contributed by atoms with Crippen molar-refractivity contribution in [2.24, 2.45) is 0 Å². The maximum Gasteiger partial charge on any atom is 0.472 e. The van der Waals surface area contributed by atoms with Crippen LogP contribution in [0.2, 0.25) is 0 Å². The van der Waals surface area contributed by atoms with Gasteiger partial charge in [0.1, 0.15) is 13.2 Å². The minimum absolute atomic E-state index is 0.0540. The zero-order chi connectivity index (χ0) is 61.2. The van der Waals surface area contributed by atoms with Gasteiger partial charge in [0.25, 0.3) is 0 Å². The summed E-state index contributed by atoms with van der Waals surface area (Å²) in [7, 11) is 1.56. The fourth-order valence-electron chi connectivity index (χ4n) is 9.54. The maximum absolute atomic E-state index is 13.0. The lowest BCUT2D eigenvalue weighted by Gasteiger charge is -2.25. The molecule has 0 radical (unpaired) electrons. The number of hydrogen-bond donors (Lipinski definition) is 3. The molecule has 0 aliphatic carbocycles. The highest BCUT2D eigenvalue weighted by molar-refractivity contribution is 7.47. The number of nitrogens with zero attached hydrogens (tertiary/aromatic N) is 1. The van der Waals surface area contributed by atoms with Gasteiger partial charge in [0, 0.05) is 6.42 Å². The zero-order valence-corrected chi connectivity index (χ0v) is 56.0. The number of amides is 1. The molecule has 3 N–H and O–H groups in total. The van der Waals surface area contributed by atoms with Crippen LogP contribution in [0.25, 0.3) is 0 Å². The summed E-state index contributed by atoms with van der Waals surface area (Å²) in [4.78, 5) is 23.4. The molecule has 8 nitrogen and oxygen atoms in total. The summed E-state index contributed by atoms with van der Waals surface area (Å²) in [6, 6.07) is -0.862. The summed E-state index contributed by atoms with van der Waals surface area (Å²) >= 11 is 0. The van der Waals surface area contributed by atoms with Crippen molar-refractivity contribution in [3.63, 3.8) is 0 Å². The molecule has 0 aliphatic rings. The molecule has 482 valence electrons. The normalized spacial score (nSPS) is 14.5. The maximum atomic E-state index is 13.0. The molecule has 0 aromatic heterocycles. The highest BCUT2D eigenvalue weighted by Gasteiger charge is 2.28. The van der Waals surface area contributed by atoms with Crippen LogP contribution >= 0.6 is 7.82 Å². The van der Waals surface area contributed by atoms with Crippen LogP contribution in [0.15, 0.2) is 134 Å². The fraction of sp³-hybridized carbons (Fsp3) is 0.693. The van der Waals surface area contributed by atoms with E-state index in [9.17, 15) is 19.4 Å². The van der Waals surface area contributed by atoms with Crippen molar-refractivity contribution in [2.45, 2.75) is 296 Å². The summed E-state index contributed by atoms with van der Waals surface area (Å²) in [5.41, 5.74) is 0. The lowest BCUT2D eigenvalue weighted by molar-refractivity contribution is -0.870. The third-order valence-electron chi connectivity index (χ3n) is 14.9. The van der Waals surface area contributed by atoms with Crippen molar-refractivity contribution in [2.75, 3.05) is 40.9 Å². The minimum atomic E-state index is -4.36. The molecular weight excluding hydrogens is 1060 g/mol. The Hall–Kier alpha value is -3.36. The molecule has 0 aromatic rings. The predicted molar refractivity (Wildman–Crippen MR) is 368 cm³/mol. The molecule has 0 fully saturated rings. The molecule has 0 rings (SSSR count). The molecule has 0 saturated carbocycles. The van der Waals surface area contributed by atoms with Crippen LogP contribution in [0, 0.1) is 0 Å². The molecule has 3 atom stereocenters. The van der Waals surface area contributed by atoms with E-state index in [2.05, 4.69) is 141 Å². The van der Waals surface area contributed by atoms with Gasteiger partial charge in [-0.2, -0.15) is 0 Å². The van der Waals surface area contributed by atoms with Gasteiger partial charge in [-0.15, -0.1) is 0 Å². The van der Waals surface area contributed by atoms with E-state index in [-0.39, 0.29) is 19.1 Å². The van der Waals surface area contributed by atoms with Gasteiger partial charge in [-0.3, -0.25) is 13.8 Å². The Morgan fingerprint density at radius 1 is 0.417 bits per heavy atom. The van der Waals surface area contributed by atoms with Gasteiger partial charge in [0.2, 0.25) is 5.91 Å². The summed E-state index contributed by atoms with van der Waals surface area (Å²) in [5.74, 6) is -0.188. The first-order chi connectivity index (χ1) is 41.0. The molecule has 0 aliphatic heterocycles. The van der Waals surface area contributed by atoms with Gasteiger partial charge in [0.05, 0.1) is 39.9 Å². The standard InChI is InChI=1S/C75H131N2O6P/c1-6-8-10-12-14-16-18-20-22-24-26-28-30-31-32-33-34-35-36-37-38-39-40-41-42-43-44-45-47-49-51-53-55-57-59-61-63-65-67-69-75(79)76-73(72-83-84(80,81)82-71-70-77(3,4)5)74(78)68-66-64-62-60-58-56-54-52-50-48-46-29-27-25-23-21-19-17-15-13-11-9-7-2/h8,10,14,16,20,22,26,28,31-32,34-35,37-38,40-41,43-44,47,49,66,68,73-74,78H,6-7,9,11-13,15,17-19,21,23-25,27,29-30,33,36,39,42,45-46,48,50-65,67,69-72H2,1-5H3,(H-,76,79,80,81)/p+1/b10-8-,16-14-,22-20-,28-26-,32-31-,35-34-,38-37-,41-40-,44-43-,49-47-,68-66+. The zero-order valence-electron chi connectivity index (χ0n) is 55.1. The summed E-state index contributed by atoms with van der Waals surface area (Å²) in [5, 5.41) is 14.0. The molecule has 0 aromatic carbocycles. The Kier molecular flexibility index (Phi) is 61.6. The van der Waals surface area contributed by atoms with Gasteiger partial charge >= 0.3 is 7.82 Å². The molecule has 3 unspecified atom stereocenters. The number of likely N-dealkylation sites (N-methyl/N-ethyl adjacent to an activating group) is 1. The van der Waals surface area contributed by atoms with Crippen molar-refractivity contribution in [3.05, 3.63) is 134 Å². The first-order valence-electron chi connectivity index (χ1n) is 34.6. The molecule has 0 spiro atoms. The molecule has 0 heterocycles. The second-order valence-electron chi connectivity index (χ2n) is 24.2.